The Kier molecular flexibility index (Phi) is 6.37. The Hall–Kier alpha value is -2.67. The van der Waals surface area contributed by atoms with E-state index in [0.717, 1.165) is 35.7 Å². The maximum atomic E-state index is 12.7. The number of carbonyl (C=O) groups excluding carboxylic acids is 2. The SMILES string of the molecule is CCc1c(C(=O)NCc2ccc(N3CC(C)OC(C)C3)nc2)[nH]c(C)c1C(C)=O. The molecule has 0 spiro atoms. The lowest BCUT2D eigenvalue weighted by Gasteiger charge is -2.36. The van der Waals surface area contributed by atoms with Crippen molar-refractivity contribution in [3.05, 3.63) is 46.4 Å². The van der Waals surface area contributed by atoms with E-state index in [2.05, 4.69) is 34.0 Å². The summed E-state index contributed by atoms with van der Waals surface area (Å²) in [6.07, 6.45) is 2.77. The molecule has 1 aliphatic rings. The number of pyridine rings is 1. The van der Waals surface area contributed by atoms with Gasteiger partial charge in [-0.1, -0.05) is 13.0 Å². The number of aromatic nitrogens is 2. The first-order valence-corrected chi connectivity index (χ1v) is 10.2. The summed E-state index contributed by atoms with van der Waals surface area (Å²) < 4.78 is 5.77. The van der Waals surface area contributed by atoms with Crippen LogP contribution < -0.4 is 10.2 Å². The Morgan fingerprint density at radius 1 is 1.28 bits per heavy atom. The van der Waals surface area contributed by atoms with Gasteiger partial charge in [0.05, 0.1) is 12.2 Å². The second-order valence-electron chi connectivity index (χ2n) is 7.76. The predicted octanol–water partition coefficient (Wildman–Crippen LogP) is 3.03. The standard InChI is InChI=1S/C22H30N4O3/c1-6-18-20(16(5)27)15(4)25-21(18)22(28)24-10-17-7-8-19(23-9-17)26-11-13(2)29-14(3)12-26/h7-9,13-14,25H,6,10-12H2,1-5H3,(H,24,28). The Balaban J connectivity index is 1.65. The van der Waals surface area contributed by atoms with Crippen molar-refractivity contribution in [2.45, 2.75) is 59.8 Å². The molecule has 2 aromatic heterocycles. The Labute approximate surface area is 171 Å². The molecular weight excluding hydrogens is 368 g/mol. The van der Waals surface area contributed by atoms with Crippen LogP contribution in [0.2, 0.25) is 0 Å². The third-order valence-electron chi connectivity index (χ3n) is 5.23. The second-order valence-corrected chi connectivity index (χ2v) is 7.76. The number of Topliss-reactive ketones (excluding diaryl/α,β-unsaturated/α-hetero) is 1. The fraction of sp³-hybridized carbons (Fsp3) is 0.500. The molecule has 2 unspecified atom stereocenters. The van der Waals surface area contributed by atoms with Crippen LogP contribution in [0.3, 0.4) is 0 Å². The van der Waals surface area contributed by atoms with Crippen LogP contribution in [0, 0.1) is 6.92 Å². The van der Waals surface area contributed by atoms with E-state index < -0.39 is 0 Å². The van der Waals surface area contributed by atoms with E-state index in [9.17, 15) is 9.59 Å². The highest BCUT2D eigenvalue weighted by molar-refractivity contribution is 6.02. The molecule has 7 heteroatoms. The lowest BCUT2D eigenvalue weighted by molar-refractivity contribution is -0.00546. The smallest absolute Gasteiger partial charge is 0.268 e. The molecule has 2 N–H and O–H groups in total. The molecule has 0 bridgehead atoms. The molecule has 2 atom stereocenters. The second kappa shape index (κ2) is 8.78. The van der Waals surface area contributed by atoms with Crippen LogP contribution in [0.15, 0.2) is 18.3 Å². The van der Waals surface area contributed by atoms with E-state index in [1.54, 1.807) is 6.20 Å². The van der Waals surface area contributed by atoms with Gasteiger partial charge in [-0.3, -0.25) is 9.59 Å². The number of aromatic amines is 1. The van der Waals surface area contributed by atoms with Gasteiger partial charge in [-0.15, -0.1) is 0 Å². The molecule has 1 fully saturated rings. The van der Waals surface area contributed by atoms with E-state index >= 15 is 0 Å². The van der Waals surface area contributed by atoms with Crippen molar-refractivity contribution < 1.29 is 14.3 Å². The molecule has 1 saturated heterocycles. The molecule has 7 nitrogen and oxygen atoms in total. The lowest BCUT2D eigenvalue weighted by atomic mass is 10.0. The van der Waals surface area contributed by atoms with E-state index in [4.69, 9.17) is 4.74 Å². The fourth-order valence-electron chi connectivity index (χ4n) is 4.04. The molecule has 1 aliphatic heterocycles. The van der Waals surface area contributed by atoms with Crippen LogP contribution in [0.5, 0.6) is 0 Å². The molecule has 0 radical (unpaired) electrons. The number of morpholine rings is 1. The highest BCUT2D eigenvalue weighted by atomic mass is 16.5. The Bertz CT molecular complexity index is 878. The summed E-state index contributed by atoms with van der Waals surface area (Å²) in [6.45, 7) is 11.4. The summed E-state index contributed by atoms with van der Waals surface area (Å²) in [5, 5.41) is 2.93. The van der Waals surface area contributed by atoms with Gasteiger partial charge in [0.1, 0.15) is 11.5 Å². The molecule has 3 rings (SSSR count). The van der Waals surface area contributed by atoms with Gasteiger partial charge in [0.2, 0.25) is 0 Å². The molecule has 0 saturated carbocycles. The highest BCUT2D eigenvalue weighted by Crippen LogP contribution is 2.21. The average Bonchev–Trinajstić information content (AvgIpc) is 3.02. The summed E-state index contributed by atoms with van der Waals surface area (Å²) in [5.74, 6) is 0.681. The minimum absolute atomic E-state index is 0.0267. The van der Waals surface area contributed by atoms with Crippen molar-refractivity contribution in [2.24, 2.45) is 0 Å². The Morgan fingerprint density at radius 2 is 1.97 bits per heavy atom. The molecule has 156 valence electrons. The summed E-state index contributed by atoms with van der Waals surface area (Å²) >= 11 is 0. The molecular formula is C22H30N4O3. The fourth-order valence-corrected chi connectivity index (χ4v) is 4.04. The minimum Gasteiger partial charge on any atom is -0.372 e. The van der Waals surface area contributed by atoms with Crippen molar-refractivity contribution in [3.63, 3.8) is 0 Å². The predicted molar refractivity (Wildman–Crippen MR) is 113 cm³/mol. The number of carbonyl (C=O) groups is 2. The summed E-state index contributed by atoms with van der Waals surface area (Å²) in [4.78, 5) is 34.4. The maximum absolute atomic E-state index is 12.7. The molecule has 3 heterocycles. The number of hydrogen-bond donors (Lipinski definition) is 2. The first-order chi connectivity index (χ1) is 13.8. The van der Waals surface area contributed by atoms with Gasteiger partial charge in [0, 0.05) is 37.1 Å². The molecule has 2 aromatic rings. The van der Waals surface area contributed by atoms with Crippen molar-refractivity contribution in [2.75, 3.05) is 18.0 Å². The van der Waals surface area contributed by atoms with Gasteiger partial charge in [0.25, 0.3) is 5.91 Å². The van der Waals surface area contributed by atoms with Crippen LogP contribution >= 0.6 is 0 Å². The van der Waals surface area contributed by atoms with Crippen molar-refractivity contribution in [3.8, 4) is 0 Å². The number of nitrogens with one attached hydrogen (secondary N) is 2. The number of amides is 1. The van der Waals surface area contributed by atoms with Crippen molar-refractivity contribution in [1.82, 2.24) is 15.3 Å². The van der Waals surface area contributed by atoms with Gasteiger partial charge in [-0.05, 0) is 51.3 Å². The lowest BCUT2D eigenvalue weighted by Crippen LogP contribution is -2.45. The van der Waals surface area contributed by atoms with Crippen molar-refractivity contribution >= 4 is 17.5 Å². The van der Waals surface area contributed by atoms with Gasteiger partial charge in [-0.25, -0.2) is 4.98 Å². The van der Waals surface area contributed by atoms with Gasteiger partial charge in [0.15, 0.2) is 5.78 Å². The number of rotatable bonds is 6. The van der Waals surface area contributed by atoms with E-state index in [-0.39, 0.29) is 23.9 Å². The number of aryl methyl sites for hydroxylation is 1. The van der Waals surface area contributed by atoms with Gasteiger partial charge >= 0.3 is 0 Å². The number of hydrogen-bond acceptors (Lipinski definition) is 5. The van der Waals surface area contributed by atoms with Crippen LogP contribution in [-0.4, -0.2) is 47.0 Å². The number of ketones is 1. The first kappa shape index (κ1) is 21.0. The summed E-state index contributed by atoms with van der Waals surface area (Å²) in [7, 11) is 0. The number of nitrogens with zero attached hydrogens (tertiary/aromatic N) is 2. The number of ether oxygens (including phenoxy) is 1. The van der Waals surface area contributed by atoms with Crippen LogP contribution in [0.4, 0.5) is 5.82 Å². The maximum Gasteiger partial charge on any atom is 0.268 e. The minimum atomic E-state index is -0.211. The molecule has 1 amide bonds. The number of H-pyrrole nitrogens is 1. The normalized spacial score (nSPS) is 19.3. The van der Waals surface area contributed by atoms with Gasteiger partial charge in [-0.2, -0.15) is 0 Å². The summed E-state index contributed by atoms with van der Waals surface area (Å²) in [6, 6.07) is 3.96. The van der Waals surface area contributed by atoms with Crippen LogP contribution in [-0.2, 0) is 17.7 Å². The third-order valence-corrected chi connectivity index (χ3v) is 5.23. The quantitative estimate of drug-likeness (QED) is 0.731. The molecule has 0 aromatic carbocycles. The van der Waals surface area contributed by atoms with Crippen molar-refractivity contribution in [1.29, 1.82) is 0 Å². The van der Waals surface area contributed by atoms with E-state index in [1.807, 2.05) is 26.0 Å². The largest absolute Gasteiger partial charge is 0.372 e. The molecule has 0 aliphatic carbocycles. The Morgan fingerprint density at radius 3 is 2.52 bits per heavy atom. The number of anilines is 1. The van der Waals surface area contributed by atoms with E-state index in [1.165, 1.54) is 6.92 Å². The first-order valence-electron chi connectivity index (χ1n) is 10.2. The topological polar surface area (TPSA) is 87.3 Å². The van der Waals surface area contributed by atoms with Gasteiger partial charge < -0.3 is 19.9 Å². The zero-order valence-electron chi connectivity index (χ0n) is 17.8. The zero-order chi connectivity index (χ0) is 21.1. The summed E-state index contributed by atoms with van der Waals surface area (Å²) in [5.41, 5.74) is 3.52. The third kappa shape index (κ3) is 4.67. The van der Waals surface area contributed by atoms with E-state index in [0.29, 0.717) is 24.2 Å². The molecule has 29 heavy (non-hydrogen) atoms. The zero-order valence-corrected chi connectivity index (χ0v) is 17.8. The van der Waals surface area contributed by atoms with Crippen LogP contribution in [0.25, 0.3) is 0 Å². The average molecular weight is 399 g/mol. The monoisotopic (exact) mass is 398 g/mol. The van der Waals surface area contributed by atoms with Crippen LogP contribution in [0.1, 0.15) is 65.4 Å². The highest BCUT2D eigenvalue weighted by Gasteiger charge is 2.23.